The minimum absolute atomic E-state index is 0.163. The Bertz CT molecular complexity index is 355. The lowest BCUT2D eigenvalue weighted by molar-refractivity contribution is 0.121. The Morgan fingerprint density at radius 1 is 1.37 bits per heavy atom. The first-order valence-corrected chi connectivity index (χ1v) is 7.28. The number of hydrogen-bond acceptors (Lipinski definition) is 3. The lowest BCUT2D eigenvalue weighted by Gasteiger charge is -2.20. The molecule has 4 nitrogen and oxygen atoms in total. The van der Waals surface area contributed by atoms with Gasteiger partial charge in [0.25, 0.3) is 0 Å². The zero-order chi connectivity index (χ0) is 14.3. The Hall–Kier alpha value is -0.870. The van der Waals surface area contributed by atoms with E-state index in [4.69, 9.17) is 4.74 Å². The van der Waals surface area contributed by atoms with Gasteiger partial charge in [0, 0.05) is 18.3 Å². The predicted octanol–water partition coefficient (Wildman–Crippen LogP) is 2.80. The summed E-state index contributed by atoms with van der Waals surface area (Å²) in [6.45, 7) is 14.1. The summed E-state index contributed by atoms with van der Waals surface area (Å²) in [6, 6.07) is 2.11. The topological polar surface area (TPSA) is 39.1 Å². The molecule has 1 heterocycles. The van der Waals surface area contributed by atoms with Crippen molar-refractivity contribution in [3.8, 4) is 0 Å². The normalized spacial score (nSPS) is 13.7. The van der Waals surface area contributed by atoms with Crippen molar-refractivity contribution in [3.63, 3.8) is 0 Å². The molecule has 0 bridgehead atoms. The van der Waals surface area contributed by atoms with Gasteiger partial charge in [-0.3, -0.25) is 4.68 Å². The fourth-order valence-corrected chi connectivity index (χ4v) is 1.73. The lowest BCUT2D eigenvalue weighted by atomic mass is 10.1. The zero-order valence-corrected chi connectivity index (χ0v) is 13.1. The van der Waals surface area contributed by atoms with Crippen molar-refractivity contribution in [2.45, 2.75) is 59.0 Å². The maximum Gasteiger partial charge on any atom is 0.0663 e. The fraction of sp³-hybridized carbons (Fsp3) is 0.800. The molecule has 0 radical (unpaired) electrons. The van der Waals surface area contributed by atoms with Crippen molar-refractivity contribution in [2.24, 2.45) is 0 Å². The van der Waals surface area contributed by atoms with E-state index in [1.165, 1.54) is 5.69 Å². The van der Waals surface area contributed by atoms with E-state index in [1.54, 1.807) is 0 Å². The van der Waals surface area contributed by atoms with Crippen LogP contribution in [0.4, 0.5) is 0 Å². The van der Waals surface area contributed by atoms with Crippen molar-refractivity contribution < 1.29 is 4.74 Å². The molecular weight excluding hydrogens is 238 g/mol. The Labute approximate surface area is 117 Å². The molecule has 1 rings (SSSR count). The van der Waals surface area contributed by atoms with E-state index in [9.17, 15) is 0 Å². The molecule has 4 heteroatoms. The Balaban J connectivity index is 2.14. The van der Waals surface area contributed by atoms with Gasteiger partial charge in [0.1, 0.15) is 0 Å². The van der Waals surface area contributed by atoms with Crippen LogP contribution in [0.1, 0.15) is 52.7 Å². The van der Waals surface area contributed by atoms with Crippen LogP contribution in [0.5, 0.6) is 0 Å². The number of ether oxygens (including phenoxy) is 1. The van der Waals surface area contributed by atoms with Crippen molar-refractivity contribution in [1.82, 2.24) is 15.1 Å². The summed E-state index contributed by atoms with van der Waals surface area (Å²) >= 11 is 0. The number of aromatic nitrogens is 2. The Morgan fingerprint density at radius 2 is 2.11 bits per heavy atom. The van der Waals surface area contributed by atoms with Gasteiger partial charge in [-0.05, 0) is 39.2 Å². The van der Waals surface area contributed by atoms with Crippen LogP contribution in [0.15, 0.2) is 12.3 Å². The highest BCUT2D eigenvalue weighted by Crippen LogP contribution is 2.15. The van der Waals surface area contributed by atoms with Crippen molar-refractivity contribution in [1.29, 1.82) is 0 Å². The van der Waals surface area contributed by atoms with Crippen molar-refractivity contribution >= 4 is 0 Å². The van der Waals surface area contributed by atoms with E-state index >= 15 is 0 Å². The molecule has 0 aromatic carbocycles. The van der Waals surface area contributed by atoms with Crippen LogP contribution in [0.25, 0.3) is 0 Å². The van der Waals surface area contributed by atoms with Crippen LogP contribution in [-0.2, 0) is 11.3 Å². The highest BCUT2D eigenvalue weighted by atomic mass is 16.5. The molecule has 0 saturated heterocycles. The maximum absolute atomic E-state index is 5.61. The Kier molecular flexibility index (Phi) is 6.52. The summed E-state index contributed by atoms with van der Waals surface area (Å²) < 4.78 is 7.58. The Morgan fingerprint density at radius 3 is 2.74 bits per heavy atom. The highest BCUT2D eigenvalue weighted by Gasteiger charge is 2.08. The third-order valence-corrected chi connectivity index (χ3v) is 3.15. The van der Waals surface area contributed by atoms with Gasteiger partial charge in [-0.1, -0.05) is 13.8 Å². The van der Waals surface area contributed by atoms with Crippen molar-refractivity contribution in [2.75, 3.05) is 19.8 Å². The molecular formula is C15H29N3O. The molecule has 1 atom stereocenters. The molecule has 19 heavy (non-hydrogen) atoms. The maximum atomic E-state index is 5.61. The van der Waals surface area contributed by atoms with Crippen LogP contribution in [0, 0.1) is 0 Å². The van der Waals surface area contributed by atoms with E-state index in [0.717, 1.165) is 26.1 Å². The van der Waals surface area contributed by atoms with Crippen LogP contribution in [-0.4, -0.2) is 35.1 Å². The molecule has 0 saturated carbocycles. The molecule has 1 aromatic heterocycles. The predicted molar refractivity (Wildman–Crippen MR) is 79.5 cm³/mol. The van der Waals surface area contributed by atoms with Gasteiger partial charge in [-0.2, -0.15) is 5.10 Å². The van der Waals surface area contributed by atoms with E-state index in [-0.39, 0.29) is 5.54 Å². The van der Waals surface area contributed by atoms with Gasteiger partial charge in [0.05, 0.1) is 25.5 Å². The molecule has 0 aliphatic carbocycles. The standard InChI is InChI=1S/C15H29N3O/c1-6-13(2)14-7-9-18(17-14)10-12-19-11-8-16-15(3,4)5/h7,9,13,16H,6,8,10-12H2,1-5H3. The van der Waals surface area contributed by atoms with E-state index in [1.807, 2.05) is 10.9 Å². The molecule has 1 unspecified atom stereocenters. The molecule has 110 valence electrons. The van der Waals surface area contributed by atoms with Gasteiger partial charge in [0.15, 0.2) is 0 Å². The average Bonchev–Trinajstić information content (AvgIpc) is 2.80. The quantitative estimate of drug-likeness (QED) is 0.736. The highest BCUT2D eigenvalue weighted by molar-refractivity contribution is 5.04. The summed E-state index contributed by atoms with van der Waals surface area (Å²) in [5, 5.41) is 7.96. The largest absolute Gasteiger partial charge is 0.378 e. The van der Waals surface area contributed by atoms with Crippen LogP contribution in [0.3, 0.4) is 0 Å². The number of hydrogen-bond donors (Lipinski definition) is 1. The molecule has 1 aromatic rings. The fourth-order valence-electron chi connectivity index (χ4n) is 1.73. The average molecular weight is 267 g/mol. The zero-order valence-electron chi connectivity index (χ0n) is 13.1. The lowest BCUT2D eigenvalue weighted by Crippen LogP contribution is -2.38. The molecule has 0 aliphatic heterocycles. The summed E-state index contributed by atoms with van der Waals surface area (Å²) in [5.41, 5.74) is 1.34. The van der Waals surface area contributed by atoms with Gasteiger partial charge < -0.3 is 10.1 Å². The molecule has 0 fully saturated rings. The van der Waals surface area contributed by atoms with Gasteiger partial charge >= 0.3 is 0 Å². The first kappa shape index (κ1) is 16.2. The number of nitrogens with zero attached hydrogens (tertiary/aromatic N) is 2. The van der Waals surface area contributed by atoms with Crippen LogP contribution < -0.4 is 5.32 Å². The van der Waals surface area contributed by atoms with Crippen LogP contribution in [0.2, 0.25) is 0 Å². The SMILES string of the molecule is CCC(C)c1ccn(CCOCCNC(C)(C)C)n1. The van der Waals surface area contributed by atoms with E-state index < -0.39 is 0 Å². The molecule has 0 amide bonds. The second kappa shape index (κ2) is 7.65. The molecule has 1 N–H and O–H groups in total. The third-order valence-electron chi connectivity index (χ3n) is 3.15. The molecule has 0 aliphatic rings. The van der Waals surface area contributed by atoms with Crippen LogP contribution >= 0.6 is 0 Å². The van der Waals surface area contributed by atoms with Crippen molar-refractivity contribution in [3.05, 3.63) is 18.0 Å². The van der Waals surface area contributed by atoms with Gasteiger partial charge in [-0.25, -0.2) is 0 Å². The molecule has 0 spiro atoms. The second-order valence-electron chi connectivity index (χ2n) is 6.10. The number of rotatable bonds is 8. The number of nitrogens with one attached hydrogen (secondary N) is 1. The first-order chi connectivity index (χ1) is 8.92. The first-order valence-electron chi connectivity index (χ1n) is 7.28. The van der Waals surface area contributed by atoms with E-state index in [2.05, 4.69) is 51.1 Å². The summed E-state index contributed by atoms with van der Waals surface area (Å²) in [7, 11) is 0. The minimum Gasteiger partial charge on any atom is -0.378 e. The monoisotopic (exact) mass is 267 g/mol. The van der Waals surface area contributed by atoms with E-state index in [0.29, 0.717) is 12.5 Å². The minimum atomic E-state index is 0.163. The summed E-state index contributed by atoms with van der Waals surface area (Å²) in [5.74, 6) is 0.540. The second-order valence-corrected chi connectivity index (χ2v) is 6.10. The van der Waals surface area contributed by atoms with Gasteiger partial charge in [0.2, 0.25) is 0 Å². The third kappa shape index (κ3) is 6.73. The van der Waals surface area contributed by atoms with Gasteiger partial charge in [-0.15, -0.1) is 0 Å². The smallest absolute Gasteiger partial charge is 0.0663 e. The summed E-state index contributed by atoms with van der Waals surface area (Å²) in [6.07, 6.45) is 3.17. The summed E-state index contributed by atoms with van der Waals surface area (Å²) in [4.78, 5) is 0.